The molecule has 0 bridgehead atoms. The number of nitrogens with one attached hydrogen (secondary N) is 1. The predicted molar refractivity (Wildman–Crippen MR) is 74.7 cm³/mol. The van der Waals surface area contributed by atoms with Gasteiger partial charge in [0.1, 0.15) is 0 Å². The van der Waals surface area contributed by atoms with Gasteiger partial charge in [-0.1, -0.05) is 12.1 Å². The number of rotatable bonds is 4. The van der Waals surface area contributed by atoms with Gasteiger partial charge in [0.25, 0.3) is 0 Å². The summed E-state index contributed by atoms with van der Waals surface area (Å²) in [6.07, 6.45) is -2.77. The predicted octanol–water partition coefficient (Wildman–Crippen LogP) is 3.05. The van der Waals surface area contributed by atoms with Crippen molar-refractivity contribution in [1.82, 2.24) is 5.32 Å². The first-order chi connectivity index (χ1) is 9.39. The van der Waals surface area contributed by atoms with Crippen molar-refractivity contribution in [2.75, 3.05) is 18.1 Å². The third-order valence-corrected chi connectivity index (χ3v) is 4.47. The lowest BCUT2D eigenvalue weighted by atomic mass is 9.97. The van der Waals surface area contributed by atoms with Crippen LogP contribution in [-0.2, 0) is 12.7 Å². The fourth-order valence-electron chi connectivity index (χ4n) is 2.18. The summed E-state index contributed by atoms with van der Waals surface area (Å²) < 4.78 is 37.2. The molecular formula is C14H18F3NOS. The maximum atomic E-state index is 12.4. The van der Waals surface area contributed by atoms with E-state index < -0.39 is 17.3 Å². The average Bonchev–Trinajstić information content (AvgIpc) is 2.39. The Kier molecular flexibility index (Phi) is 4.99. The van der Waals surface area contributed by atoms with E-state index in [0.29, 0.717) is 13.1 Å². The molecule has 1 heterocycles. The van der Waals surface area contributed by atoms with Crippen LogP contribution in [0.2, 0.25) is 0 Å². The zero-order valence-corrected chi connectivity index (χ0v) is 11.9. The minimum atomic E-state index is -4.29. The van der Waals surface area contributed by atoms with E-state index in [1.807, 2.05) is 11.8 Å². The van der Waals surface area contributed by atoms with Gasteiger partial charge in [-0.15, -0.1) is 0 Å². The molecule has 0 atom stereocenters. The second-order valence-corrected chi connectivity index (χ2v) is 6.36. The Hall–Kier alpha value is -0.720. The Balaban J connectivity index is 1.82. The van der Waals surface area contributed by atoms with E-state index in [-0.39, 0.29) is 0 Å². The van der Waals surface area contributed by atoms with Gasteiger partial charge in [0.05, 0.1) is 11.2 Å². The Labute approximate surface area is 120 Å². The highest BCUT2D eigenvalue weighted by Crippen LogP contribution is 2.29. The zero-order chi connectivity index (χ0) is 14.6. The molecule has 1 aliphatic heterocycles. The monoisotopic (exact) mass is 305 g/mol. The summed E-state index contributed by atoms with van der Waals surface area (Å²) in [5, 5.41) is 13.4. The molecule has 20 heavy (non-hydrogen) atoms. The van der Waals surface area contributed by atoms with Crippen LogP contribution in [0.3, 0.4) is 0 Å². The van der Waals surface area contributed by atoms with E-state index in [1.165, 1.54) is 12.1 Å². The van der Waals surface area contributed by atoms with Crippen LogP contribution in [0.15, 0.2) is 24.3 Å². The molecule has 1 aliphatic rings. The SMILES string of the molecule is OC1(CNCc2ccc(C(F)(F)F)cc2)CCSCC1. The molecular weight excluding hydrogens is 287 g/mol. The fraction of sp³-hybridized carbons (Fsp3) is 0.571. The van der Waals surface area contributed by atoms with E-state index >= 15 is 0 Å². The number of benzene rings is 1. The highest BCUT2D eigenvalue weighted by Gasteiger charge is 2.30. The average molecular weight is 305 g/mol. The molecule has 6 heteroatoms. The molecule has 1 aromatic rings. The lowest BCUT2D eigenvalue weighted by Gasteiger charge is -2.32. The molecule has 0 unspecified atom stereocenters. The highest BCUT2D eigenvalue weighted by molar-refractivity contribution is 7.99. The van der Waals surface area contributed by atoms with E-state index in [1.54, 1.807) is 0 Å². The van der Waals surface area contributed by atoms with Crippen molar-refractivity contribution in [3.63, 3.8) is 0 Å². The second-order valence-electron chi connectivity index (χ2n) is 5.13. The molecule has 1 aromatic carbocycles. The molecule has 0 saturated carbocycles. The van der Waals surface area contributed by atoms with Gasteiger partial charge < -0.3 is 10.4 Å². The summed E-state index contributed by atoms with van der Waals surface area (Å²) in [4.78, 5) is 0. The molecule has 2 nitrogen and oxygen atoms in total. The standard InChI is InChI=1S/C14H18F3NOS/c15-14(16,17)12-3-1-11(2-4-12)9-18-10-13(19)5-7-20-8-6-13/h1-4,18-19H,5-10H2. The Morgan fingerprint density at radius 3 is 2.30 bits per heavy atom. The third-order valence-electron chi connectivity index (χ3n) is 3.49. The van der Waals surface area contributed by atoms with Crippen LogP contribution in [0.5, 0.6) is 0 Å². The summed E-state index contributed by atoms with van der Waals surface area (Å²) in [5.74, 6) is 1.91. The van der Waals surface area contributed by atoms with Crippen LogP contribution < -0.4 is 5.32 Å². The molecule has 1 fully saturated rings. The quantitative estimate of drug-likeness (QED) is 0.897. The molecule has 2 N–H and O–H groups in total. The number of thioether (sulfide) groups is 1. The van der Waals surface area contributed by atoms with E-state index in [2.05, 4.69) is 5.32 Å². The van der Waals surface area contributed by atoms with Crippen LogP contribution in [0, 0.1) is 0 Å². The number of hydrogen-bond donors (Lipinski definition) is 2. The van der Waals surface area contributed by atoms with Crippen LogP contribution in [-0.4, -0.2) is 28.8 Å². The van der Waals surface area contributed by atoms with Crippen molar-refractivity contribution in [2.45, 2.75) is 31.2 Å². The maximum absolute atomic E-state index is 12.4. The smallest absolute Gasteiger partial charge is 0.389 e. The number of alkyl halides is 3. The molecule has 112 valence electrons. The minimum absolute atomic E-state index is 0.466. The van der Waals surface area contributed by atoms with Gasteiger partial charge in [-0.2, -0.15) is 24.9 Å². The summed E-state index contributed by atoms with van der Waals surface area (Å²) in [7, 11) is 0. The number of hydrogen-bond acceptors (Lipinski definition) is 3. The van der Waals surface area contributed by atoms with Gasteiger partial charge in [-0.05, 0) is 42.0 Å². The Bertz CT molecular complexity index is 427. The maximum Gasteiger partial charge on any atom is 0.416 e. The molecule has 0 amide bonds. The summed E-state index contributed by atoms with van der Waals surface area (Å²) >= 11 is 1.84. The van der Waals surface area contributed by atoms with Gasteiger partial charge in [-0.3, -0.25) is 0 Å². The topological polar surface area (TPSA) is 32.3 Å². The van der Waals surface area contributed by atoms with Gasteiger partial charge in [0.15, 0.2) is 0 Å². The van der Waals surface area contributed by atoms with Crippen molar-refractivity contribution in [1.29, 1.82) is 0 Å². The summed E-state index contributed by atoms with van der Waals surface area (Å²) in [6, 6.07) is 5.11. The minimum Gasteiger partial charge on any atom is -0.389 e. The number of halogens is 3. The van der Waals surface area contributed by atoms with Crippen molar-refractivity contribution in [2.24, 2.45) is 0 Å². The first kappa shape index (κ1) is 15.7. The van der Waals surface area contributed by atoms with Crippen LogP contribution in [0.4, 0.5) is 13.2 Å². The van der Waals surface area contributed by atoms with E-state index in [4.69, 9.17) is 0 Å². The molecule has 0 radical (unpaired) electrons. The first-order valence-electron chi connectivity index (χ1n) is 6.56. The molecule has 0 aromatic heterocycles. The van der Waals surface area contributed by atoms with Crippen LogP contribution in [0.25, 0.3) is 0 Å². The van der Waals surface area contributed by atoms with Gasteiger partial charge in [0, 0.05) is 13.1 Å². The Morgan fingerprint density at radius 1 is 1.15 bits per heavy atom. The molecule has 2 rings (SSSR count). The molecule has 0 aliphatic carbocycles. The third kappa shape index (κ3) is 4.40. The zero-order valence-electron chi connectivity index (χ0n) is 11.0. The largest absolute Gasteiger partial charge is 0.416 e. The van der Waals surface area contributed by atoms with Gasteiger partial charge in [-0.25, -0.2) is 0 Å². The lowest BCUT2D eigenvalue weighted by Crippen LogP contribution is -2.43. The highest BCUT2D eigenvalue weighted by atomic mass is 32.2. The number of aliphatic hydroxyl groups is 1. The van der Waals surface area contributed by atoms with Gasteiger partial charge in [0.2, 0.25) is 0 Å². The normalized spacial score (nSPS) is 19.0. The van der Waals surface area contributed by atoms with E-state index in [0.717, 1.165) is 42.0 Å². The van der Waals surface area contributed by atoms with Crippen molar-refractivity contribution in [3.8, 4) is 0 Å². The second kappa shape index (κ2) is 6.37. The van der Waals surface area contributed by atoms with Crippen molar-refractivity contribution >= 4 is 11.8 Å². The van der Waals surface area contributed by atoms with E-state index in [9.17, 15) is 18.3 Å². The van der Waals surface area contributed by atoms with Crippen LogP contribution in [0.1, 0.15) is 24.0 Å². The van der Waals surface area contributed by atoms with Crippen molar-refractivity contribution < 1.29 is 18.3 Å². The van der Waals surface area contributed by atoms with Crippen molar-refractivity contribution in [3.05, 3.63) is 35.4 Å². The lowest BCUT2D eigenvalue weighted by molar-refractivity contribution is -0.137. The fourth-order valence-corrected chi connectivity index (χ4v) is 3.43. The summed E-state index contributed by atoms with van der Waals surface area (Å²) in [5.41, 5.74) is -0.520. The first-order valence-corrected chi connectivity index (χ1v) is 7.72. The molecule has 1 saturated heterocycles. The van der Waals surface area contributed by atoms with Gasteiger partial charge >= 0.3 is 6.18 Å². The molecule has 0 spiro atoms. The Morgan fingerprint density at radius 2 is 1.75 bits per heavy atom. The van der Waals surface area contributed by atoms with Crippen LogP contribution >= 0.6 is 11.8 Å². The summed E-state index contributed by atoms with van der Waals surface area (Å²) in [6.45, 7) is 0.947.